The molecule has 0 radical (unpaired) electrons. The predicted octanol–water partition coefficient (Wildman–Crippen LogP) is 3.25. The van der Waals surface area contributed by atoms with E-state index >= 15 is 0 Å². The first-order valence-electron chi connectivity index (χ1n) is 7.25. The summed E-state index contributed by atoms with van der Waals surface area (Å²) in [5.74, 6) is 1.35. The van der Waals surface area contributed by atoms with Gasteiger partial charge in [0.05, 0.1) is 12.3 Å². The number of benzene rings is 1. The number of rotatable bonds is 6. The van der Waals surface area contributed by atoms with E-state index in [-0.39, 0.29) is 0 Å². The highest BCUT2D eigenvalue weighted by molar-refractivity contribution is 6.02. The molecule has 0 unspecified atom stereocenters. The summed E-state index contributed by atoms with van der Waals surface area (Å²) >= 11 is 0. The molecule has 1 aliphatic carbocycles. The second-order valence-corrected chi connectivity index (χ2v) is 5.54. The van der Waals surface area contributed by atoms with Crippen molar-refractivity contribution in [3.63, 3.8) is 0 Å². The van der Waals surface area contributed by atoms with Gasteiger partial charge in [0, 0.05) is 12.2 Å². The smallest absolute Gasteiger partial charge is 0.120 e. The van der Waals surface area contributed by atoms with E-state index in [0.717, 1.165) is 42.9 Å². The van der Waals surface area contributed by atoms with Gasteiger partial charge in [0.25, 0.3) is 0 Å². The van der Waals surface area contributed by atoms with Crippen LogP contribution in [0, 0.1) is 5.92 Å². The van der Waals surface area contributed by atoms with Crippen LogP contribution in [0.1, 0.15) is 37.8 Å². The molecule has 1 N–H and O–H groups in total. The fourth-order valence-corrected chi connectivity index (χ4v) is 2.35. The van der Waals surface area contributed by atoms with Crippen molar-refractivity contribution in [2.24, 2.45) is 11.1 Å². The van der Waals surface area contributed by atoms with E-state index in [2.05, 4.69) is 25.1 Å². The third-order valence-corrected chi connectivity index (χ3v) is 3.32. The van der Waals surface area contributed by atoms with E-state index in [1.54, 1.807) is 0 Å². The third-order valence-electron chi connectivity index (χ3n) is 3.32. The summed E-state index contributed by atoms with van der Waals surface area (Å²) in [5, 5.41) is 12.4. The van der Waals surface area contributed by atoms with Crippen LogP contribution >= 0.6 is 0 Å². The zero-order valence-corrected chi connectivity index (χ0v) is 12.3. The Labute approximate surface area is 120 Å². The maximum Gasteiger partial charge on any atom is 0.120 e. The molecule has 0 saturated carbocycles. The van der Waals surface area contributed by atoms with E-state index < -0.39 is 0 Å². The molecule has 0 saturated heterocycles. The quantitative estimate of drug-likeness (QED) is 0.493. The molecule has 0 fully saturated rings. The fraction of sp³-hybridized carbons (Fsp3) is 0.562. The molecule has 4 nitrogen and oxygen atoms in total. The molecular weight excluding hydrogens is 254 g/mol. The Morgan fingerprint density at radius 1 is 1.25 bits per heavy atom. The maximum absolute atomic E-state index is 9.05. The van der Waals surface area contributed by atoms with Crippen molar-refractivity contribution in [2.45, 2.75) is 33.1 Å². The number of fused-ring (bicyclic) bond motifs is 1. The predicted molar refractivity (Wildman–Crippen MR) is 78.9 cm³/mol. The first kappa shape index (κ1) is 14.9. The molecule has 110 valence electrons. The Bertz CT molecular complexity index is 469. The van der Waals surface area contributed by atoms with Crippen molar-refractivity contribution < 1.29 is 14.7 Å². The molecule has 1 aromatic carbocycles. The summed E-state index contributed by atoms with van der Waals surface area (Å²) < 4.78 is 11.2. The molecule has 4 heteroatoms. The minimum Gasteiger partial charge on any atom is -0.491 e. The SMILES string of the molecule is CC(C)COCCOc1ccc2c(c1)/C(=N\O)CCC2. The summed E-state index contributed by atoms with van der Waals surface area (Å²) in [6, 6.07) is 6.00. The van der Waals surface area contributed by atoms with Crippen LogP contribution in [0.25, 0.3) is 0 Å². The first-order valence-corrected chi connectivity index (χ1v) is 7.25. The summed E-state index contributed by atoms with van der Waals surface area (Å²) in [7, 11) is 0. The lowest BCUT2D eigenvalue weighted by Crippen LogP contribution is -2.13. The normalized spacial score (nSPS) is 16.4. The van der Waals surface area contributed by atoms with Gasteiger partial charge in [-0.1, -0.05) is 25.1 Å². The molecule has 0 heterocycles. The van der Waals surface area contributed by atoms with Crippen molar-refractivity contribution in [3.8, 4) is 5.75 Å². The lowest BCUT2D eigenvalue weighted by molar-refractivity contribution is 0.0819. The first-order chi connectivity index (χ1) is 9.70. The molecule has 0 aliphatic heterocycles. The summed E-state index contributed by atoms with van der Waals surface area (Å²) in [4.78, 5) is 0. The number of ether oxygens (including phenoxy) is 2. The highest BCUT2D eigenvalue weighted by atomic mass is 16.5. The van der Waals surface area contributed by atoms with E-state index in [1.807, 2.05) is 12.1 Å². The molecule has 0 spiro atoms. The van der Waals surface area contributed by atoms with Gasteiger partial charge in [-0.2, -0.15) is 0 Å². The molecular formula is C16H23NO3. The van der Waals surface area contributed by atoms with Gasteiger partial charge in [-0.05, 0) is 42.9 Å². The molecule has 1 aliphatic rings. The zero-order valence-electron chi connectivity index (χ0n) is 12.3. The lowest BCUT2D eigenvalue weighted by Gasteiger charge is -2.18. The van der Waals surface area contributed by atoms with E-state index in [9.17, 15) is 0 Å². The van der Waals surface area contributed by atoms with Crippen LogP contribution in [0.15, 0.2) is 23.4 Å². The van der Waals surface area contributed by atoms with Gasteiger partial charge in [0.15, 0.2) is 0 Å². The van der Waals surface area contributed by atoms with Crippen LogP contribution < -0.4 is 4.74 Å². The number of oxime groups is 1. The van der Waals surface area contributed by atoms with Crippen molar-refractivity contribution in [1.82, 2.24) is 0 Å². The van der Waals surface area contributed by atoms with Gasteiger partial charge in [-0.25, -0.2) is 0 Å². The van der Waals surface area contributed by atoms with Gasteiger partial charge >= 0.3 is 0 Å². The van der Waals surface area contributed by atoms with Gasteiger partial charge in [0.1, 0.15) is 12.4 Å². The Morgan fingerprint density at radius 3 is 2.85 bits per heavy atom. The number of nitrogens with zero attached hydrogens (tertiary/aromatic N) is 1. The monoisotopic (exact) mass is 277 g/mol. The molecule has 1 aromatic rings. The van der Waals surface area contributed by atoms with Crippen molar-refractivity contribution >= 4 is 5.71 Å². The van der Waals surface area contributed by atoms with Crippen LogP contribution in [-0.4, -0.2) is 30.7 Å². The van der Waals surface area contributed by atoms with Crippen LogP contribution in [-0.2, 0) is 11.2 Å². The van der Waals surface area contributed by atoms with Gasteiger partial charge < -0.3 is 14.7 Å². The van der Waals surface area contributed by atoms with Gasteiger partial charge in [-0.15, -0.1) is 0 Å². The molecule has 0 amide bonds. The van der Waals surface area contributed by atoms with Crippen LogP contribution in [0.5, 0.6) is 5.75 Å². The Balaban J connectivity index is 1.90. The van der Waals surface area contributed by atoms with Crippen LogP contribution in [0.2, 0.25) is 0 Å². The average Bonchev–Trinajstić information content (AvgIpc) is 2.45. The summed E-state index contributed by atoms with van der Waals surface area (Å²) in [6.45, 7) is 6.14. The highest BCUT2D eigenvalue weighted by Gasteiger charge is 2.16. The van der Waals surface area contributed by atoms with Crippen molar-refractivity contribution in [2.75, 3.05) is 19.8 Å². The van der Waals surface area contributed by atoms with Gasteiger partial charge in [-0.3, -0.25) is 0 Å². The maximum atomic E-state index is 9.05. The zero-order chi connectivity index (χ0) is 14.4. The molecule has 20 heavy (non-hydrogen) atoms. The second kappa shape index (κ2) is 7.29. The van der Waals surface area contributed by atoms with E-state index in [0.29, 0.717) is 19.1 Å². The summed E-state index contributed by atoms with van der Waals surface area (Å²) in [5.41, 5.74) is 3.00. The van der Waals surface area contributed by atoms with Crippen LogP contribution in [0.4, 0.5) is 0 Å². The number of aryl methyl sites for hydroxylation is 1. The third kappa shape index (κ3) is 3.97. The Morgan fingerprint density at radius 2 is 2.10 bits per heavy atom. The highest BCUT2D eigenvalue weighted by Crippen LogP contribution is 2.25. The van der Waals surface area contributed by atoms with Crippen molar-refractivity contribution in [3.05, 3.63) is 29.3 Å². The largest absolute Gasteiger partial charge is 0.491 e. The van der Waals surface area contributed by atoms with E-state index in [4.69, 9.17) is 14.7 Å². The molecule has 0 atom stereocenters. The topological polar surface area (TPSA) is 51.0 Å². The summed E-state index contributed by atoms with van der Waals surface area (Å²) in [6.07, 6.45) is 2.90. The minimum atomic E-state index is 0.539. The average molecular weight is 277 g/mol. The van der Waals surface area contributed by atoms with Crippen LogP contribution in [0.3, 0.4) is 0 Å². The molecule has 0 aromatic heterocycles. The number of hydrogen-bond acceptors (Lipinski definition) is 4. The lowest BCUT2D eigenvalue weighted by atomic mass is 9.90. The van der Waals surface area contributed by atoms with Crippen molar-refractivity contribution in [1.29, 1.82) is 0 Å². The standard InChI is InChI=1S/C16H23NO3/c1-12(2)11-19-8-9-20-14-7-6-13-4-3-5-16(17-18)15(13)10-14/h6-7,10,12,18H,3-5,8-9,11H2,1-2H3/b17-16-. The minimum absolute atomic E-state index is 0.539. The fourth-order valence-electron chi connectivity index (χ4n) is 2.35. The van der Waals surface area contributed by atoms with E-state index in [1.165, 1.54) is 5.56 Å². The number of hydrogen-bond donors (Lipinski definition) is 1. The van der Waals surface area contributed by atoms with Gasteiger partial charge in [0.2, 0.25) is 0 Å². The Kier molecular flexibility index (Phi) is 5.41. The Hall–Kier alpha value is -1.55. The molecule has 2 rings (SSSR count). The molecule has 0 bridgehead atoms. The second-order valence-electron chi connectivity index (χ2n) is 5.54.